The number of hydrogen-bond acceptors (Lipinski definition) is 2. The lowest BCUT2D eigenvalue weighted by Crippen LogP contribution is -1.99. The fourth-order valence-electron chi connectivity index (χ4n) is 1.76. The zero-order valence-corrected chi connectivity index (χ0v) is 15.2. The standard InChI is InChI=1S/C9H9BrO.C8H7BrO2/c1-7(11)5-8-3-2-4-9(10)6-8;9-7-3-1-2-6(4-7)5-8(10)11/h2-4,6H,5H2,1H3;1-4H,5H2,(H,10,11). The summed E-state index contributed by atoms with van der Waals surface area (Å²) in [6, 6.07) is 15.1. The fraction of sp³-hybridized carbons (Fsp3) is 0.176. The molecule has 0 saturated heterocycles. The lowest BCUT2D eigenvalue weighted by atomic mass is 10.1. The first-order valence-electron chi connectivity index (χ1n) is 6.57. The molecule has 3 nitrogen and oxygen atoms in total. The Morgan fingerprint density at radius 2 is 1.36 bits per heavy atom. The van der Waals surface area contributed by atoms with Gasteiger partial charge in [0, 0.05) is 15.4 Å². The topological polar surface area (TPSA) is 54.4 Å². The Bertz CT molecular complexity index is 596. The van der Waals surface area contributed by atoms with Crippen LogP contribution < -0.4 is 0 Å². The SMILES string of the molecule is CC(=O)Cc1cccc(Br)c1.O=C(O)Cc1cccc(Br)c1. The van der Waals surface area contributed by atoms with E-state index >= 15 is 0 Å². The summed E-state index contributed by atoms with van der Waals surface area (Å²) in [7, 11) is 0. The van der Waals surface area contributed by atoms with Crippen molar-refractivity contribution in [3.05, 3.63) is 68.6 Å². The molecule has 116 valence electrons. The van der Waals surface area contributed by atoms with Crippen LogP contribution in [0.1, 0.15) is 18.1 Å². The van der Waals surface area contributed by atoms with E-state index in [0.29, 0.717) is 6.42 Å². The largest absolute Gasteiger partial charge is 0.481 e. The van der Waals surface area contributed by atoms with Crippen LogP contribution in [0.25, 0.3) is 0 Å². The molecule has 0 fully saturated rings. The van der Waals surface area contributed by atoms with Crippen molar-refractivity contribution in [2.24, 2.45) is 0 Å². The predicted octanol–water partition coefficient (Wildman–Crippen LogP) is 4.66. The average molecular weight is 428 g/mol. The number of halogens is 2. The lowest BCUT2D eigenvalue weighted by Gasteiger charge is -1.96. The highest BCUT2D eigenvalue weighted by Crippen LogP contribution is 2.12. The van der Waals surface area contributed by atoms with Crippen LogP contribution in [0.2, 0.25) is 0 Å². The number of ketones is 1. The smallest absolute Gasteiger partial charge is 0.307 e. The van der Waals surface area contributed by atoms with Gasteiger partial charge in [-0.05, 0) is 42.3 Å². The number of aliphatic carboxylic acids is 1. The van der Waals surface area contributed by atoms with Crippen molar-refractivity contribution >= 4 is 43.6 Å². The number of carboxylic acid groups (broad SMARTS) is 1. The lowest BCUT2D eigenvalue weighted by molar-refractivity contribution is -0.136. The maximum absolute atomic E-state index is 10.7. The van der Waals surface area contributed by atoms with Crippen LogP contribution >= 0.6 is 31.9 Å². The normalized spacial score (nSPS) is 9.59. The molecule has 2 rings (SSSR count). The van der Waals surface area contributed by atoms with Crippen LogP contribution in [0, 0.1) is 0 Å². The van der Waals surface area contributed by atoms with Gasteiger partial charge in [-0.25, -0.2) is 0 Å². The first-order valence-corrected chi connectivity index (χ1v) is 8.15. The van der Waals surface area contributed by atoms with E-state index in [-0.39, 0.29) is 12.2 Å². The molecule has 2 aromatic rings. The Morgan fingerprint density at radius 3 is 1.73 bits per heavy atom. The molecule has 0 bridgehead atoms. The van der Waals surface area contributed by atoms with Crippen LogP contribution in [0.5, 0.6) is 0 Å². The molecule has 0 saturated carbocycles. The van der Waals surface area contributed by atoms with Crippen LogP contribution in [-0.2, 0) is 22.4 Å². The number of carbonyl (C=O) groups excluding carboxylic acids is 1. The second-order valence-electron chi connectivity index (χ2n) is 4.71. The van der Waals surface area contributed by atoms with Gasteiger partial charge in [0.2, 0.25) is 0 Å². The maximum atomic E-state index is 10.7. The third-order valence-electron chi connectivity index (χ3n) is 2.59. The van der Waals surface area contributed by atoms with Gasteiger partial charge < -0.3 is 5.11 Å². The average Bonchev–Trinajstić information content (AvgIpc) is 2.37. The van der Waals surface area contributed by atoms with Gasteiger partial charge >= 0.3 is 5.97 Å². The molecular weight excluding hydrogens is 412 g/mol. The van der Waals surface area contributed by atoms with Gasteiger partial charge in [0.15, 0.2) is 0 Å². The molecule has 0 aromatic heterocycles. The molecule has 2 aromatic carbocycles. The van der Waals surface area contributed by atoms with Crippen molar-refractivity contribution in [3.63, 3.8) is 0 Å². The number of benzene rings is 2. The van der Waals surface area contributed by atoms with Crippen LogP contribution in [-0.4, -0.2) is 16.9 Å². The second kappa shape index (κ2) is 9.54. The van der Waals surface area contributed by atoms with Gasteiger partial charge in [-0.3, -0.25) is 9.59 Å². The van der Waals surface area contributed by atoms with E-state index in [1.165, 1.54) is 0 Å². The van der Waals surface area contributed by atoms with Gasteiger partial charge in [-0.15, -0.1) is 0 Å². The van der Waals surface area contributed by atoms with Gasteiger partial charge in [-0.2, -0.15) is 0 Å². The predicted molar refractivity (Wildman–Crippen MR) is 94.0 cm³/mol. The highest BCUT2D eigenvalue weighted by molar-refractivity contribution is 9.10. The number of carbonyl (C=O) groups is 2. The fourth-order valence-corrected chi connectivity index (χ4v) is 2.65. The molecule has 0 aliphatic rings. The van der Waals surface area contributed by atoms with Crippen LogP contribution in [0.3, 0.4) is 0 Å². The van der Waals surface area contributed by atoms with Gasteiger partial charge in [-0.1, -0.05) is 56.1 Å². The van der Waals surface area contributed by atoms with E-state index in [1.54, 1.807) is 19.1 Å². The van der Waals surface area contributed by atoms with Crippen molar-refractivity contribution < 1.29 is 14.7 Å². The molecule has 0 aliphatic heterocycles. The van der Waals surface area contributed by atoms with Crippen molar-refractivity contribution in [2.45, 2.75) is 19.8 Å². The summed E-state index contributed by atoms with van der Waals surface area (Å²) in [5, 5.41) is 8.44. The Labute approximate surface area is 146 Å². The Morgan fingerprint density at radius 1 is 0.909 bits per heavy atom. The number of Topliss-reactive ketones (excluding diaryl/α,β-unsaturated/α-hetero) is 1. The molecule has 1 N–H and O–H groups in total. The zero-order valence-electron chi connectivity index (χ0n) is 12.1. The molecule has 0 amide bonds. The molecule has 22 heavy (non-hydrogen) atoms. The monoisotopic (exact) mass is 426 g/mol. The number of hydrogen-bond donors (Lipinski definition) is 1. The van der Waals surface area contributed by atoms with Gasteiger partial charge in [0.1, 0.15) is 5.78 Å². The minimum absolute atomic E-state index is 0.0828. The zero-order chi connectivity index (χ0) is 16.5. The van der Waals surface area contributed by atoms with Crippen molar-refractivity contribution in [3.8, 4) is 0 Å². The summed E-state index contributed by atoms with van der Waals surface area (Å²) in [5.41, 5.74) is 1.87. The molecule has 0 atom stereocenters. The van der Waals surface area contributed by atoms with Crippen molar-refractivity contribution in [1.82, 2.24) is 0 Å². The first-order chi connectivity index (χ1) is 10.4. The van der Waals surface area contributed by atoms with E-state index in [0.717, 1.165) is 20.1 Å². The molecule has 0 radical (unpaired) electrons. The first kappa shape index (κ1) is 18.6. The van der Waals surface area contributed by atoms with Crippen molar-refractivity contribution in [2.75, 3.05) is 0 Å². The Kier molecular flexibility index (Phi) is 8.06. The minimum Gasteiger partial charge on any atom is -0.481 e. The van der Waals surface area contributed by atoms with E-state index in [9.17, 15) is 9.59 Å². The third-order valence-corrected chi connectivity index (χ3v) is 3.57. The molecule has 0 aliphatic carbocycles. The summed E-state index contributed by atoms with van der Waals surface area (Å²) in [4.78, 5) is 21.0. The number of rotatable bonds is 4. The third kappa shape index (κ3) is 8.10. The Hall–Kier alpha value is -1.46. The summed E-state index contributed by atoms with van der Waals surface area (Å²) >= 11 is 6.60. The molecular formula is C17H16Br2O3. The van der Waals surface area contributed by atoms with E-state index in [1.807, 2.05) is 36.4 Å². The highest BCUT2D eigenvalue weighted by atomic mass is 79.9. The highest BCUT2D eigenvalue weighted by Gasteiger charge is 1.99. The molecule has 5 heteroatoms. The summed E-state index contributed by atoms with van der Waals surface area (Å²) in [6.07, 6.45) is 0.610. The van der Waals surface area contributed by atoms with Gasteiger partial charge in [0.05, 0.1) is 6.42 Å². The quantitative estimate of drug-likeness (QED) is 0.771. The van der Waals surface area contributed by atoms with Crippen LogP contribution in [0.4, 0.5) is 0 Å². The molecule has 0 unspecified atom stereocenters. The van der Waals surface area contributed by atoms with Gasteiger partial charge in [0.25, 0.3) is 0 Å². The molecule has 0 spiro atoms. The summed E-state index contributed by atoms with van der Waals surface area (Å²) < 4.78 is 1.94. The Balaban J connectivity index is 0.000000220. The second-order valence-corrected chi connectivity index (χ2v) is 6.54. The maximum Gasteiger partial charge on any atom is 0.307 e. The summed E-state index contributed by atoms with van der Waals surface area (Å²) in [5.74, 6) is -0.605. The van der Waals surface area contributed by atoms with E-state index in [2.05, 4.69) is 31.9 Å². The van der Waals surface area contributed by atoms with E-state index in [4.69, 9.17) is 5.11 Å². The molecule has 0 heterocycles. The van der Waals surface area contributed by atoms with E-state index < -0.39 is 5.97 Å². The van der Waals surface area contributed by atoms with Crippen molar-refractivity contribution in [1.29, 1.82) is 0 Å². The minimum atomic E-state index is -0.803. The van der Waals surface area contributed by atoms with Crippen LogP contribution in [0.15, 0.2) is 57.5 Å². The summed E-state index contributed by atoms with van der Waals surface area (Å²) in [6.45, 7) is 1.60. The number of carboxylic acids is 1.